The number of phosphoric acid groups is 1. The van der Waals surface area contributed by atoms with Crippen molar-refractivity contribution < 1.29 is 37.7 Å². The maximum Gasteiger partial charge on any atom is 0.471 e. The highest BCUT2D eigenvalue weighted by Gasteiger charge is 2.32. The van der Waals surface area contributed by atoms with Gasteiger partial charge in [-0.2, -0.15) is 0 Å². The number of carbonyl (C=O) groups excluding carboxylic acids is 3. The molecule has 0 spiro atoms. The van der Waals surface area contributed by atoms with Crippen LogP contribution in [0.25, 0.3) is 0 Å². The van der Waals surface area contributed by atoms with E-state index in [1.165, 1.54) is 0 Å². The first-order valence-corrected chi connectivity index (χ1v) is 9.95. The number of hydroxylamine groups is 2. The van der Waals surface area contributed by atoms with Gasteiger partial charge in [0.15, 0.2) is 0 Å². The summed E-state index contributed by atoms with van der Waals surface area (Å²) in [6.07, 6.45) is 6.31. The van der Waals surface area contributed by atoms with Crippen LogP contribution in [0.5, 0.6) is 0 Å². The minimum Gasteiger partial charge on any atom is -0.330 e. The molecule has 9 nitrogen and oxygen atoms in total. The second-order valence-electron chi connectivity index (χ2n) is 5.75. The molecule has 0 radical (unpaired) electrons. The lowest BCUT2D eigenvalue weighted by Crippen LogP contribution is -2.31. The van der Waals surface area contributed by atoms with Crippen molar-refractivity contribution in [1.82, 2.24) is 5.06 Å². The molecule has 1 atom stereocenters. The molecule has 1 fully saturated rings. The van der Waals surface area contributed by atoms with E-state index >= 15 is 0 Å². The second-order valence-corrected chi connectivity index (χ2v) is 7.31. The number of rotatable bonds is 13. The van der Waals surface area contributed by atoms with Crippen LogP contribution in [-0.2, 0) is 32.8 Å². The molecule has 2 amide bonds. The average Bonchev–Trinajstić information content (AvgIpc) is 2.88. The Hall–Kier alpha value is -1.28. The molecule has 0 aliphatic carbocycles. The van der Waals surface area contributed by atoms with Gasteiger partial charge in [0.2, 0.25) is 0 Å². The summed E-state index contributed by atoms with van der Waals surface area (Å²) in [5.74, 6) is -1.50. The molecule has 0 aromatic rings. The second kappa shape index (κ2) is 11.4. The third-order valence-corrected chi connectivity index (χ3v) is 4.68. The van der Waals surface area contributed by atoms with Gasteiger partial charge in [0, 0.05) is 26.4 Å². The highest BCUT2D eigenvalue weighted by Crippen LogP contribution is 2.41. The SMILES string of the molecule is COP(=O)(O)OCCCCCCCCCC(=O)ON1C(=O)CCC1=O. The van der Waals surface area contributed by atoms with Gasteiger partial charge in [0.25, 0.3) is 11.8 Å². The van der Waals surface area contributed by atoms with E-state index in [1.807, 2.05) is 0 Å². The summed E-state index contributed by atoms with van der Waals surface area (Å²) >= 11 is 0. The van der Waals surface area contributed by atoms with E-state index in [1.54, 1.807) is 0 Å². The van der Waals surface area contributed by atoms with Crippen molar-refractivity contribution in [3.8, 4) is 0 Å². The van der Waals surface area contributed by atoms with E-state index in [9.17, 15) is 18.9 Å². The number of nitrogens with zero attached hydrogens (tertiary/aromatic N) is 1. The first-order chi connectivity index (χ1) is 11.9. The highest BCUT2D eigenvalue weighted by molar-refractivity contribution is 7.47. The predicted octanol–water partition coefficient (Wildman–Crippen LogP) is 2.48. The minimum atomic E-state index is -3.86. The van der Waals surface area contributed by atoms with Crippen LogP contribution in [0.3, 0.4) is 0 Å². The molecule has 1 N–H and O–H groups in total. The number of unbranched alkanes of at least 4 members (excludes halogenated alkanes) is 6. The van der Waals surface area contributed by atoms with Crippen LogP contribution >= 0.6 is 7.82 Å². The van der Waals surface area contributed by atoms with Crippen molar-refractivity contribution in [3.63, 3.8) is 0 Å². The fourth-order valence-electron chi connectivity index (χ4n) is 2.29. The van der Waals surface area contributed by atoms with Gasteiger partial charge in [-0.25, -0.2) is 9.36 Å². The van der Waals surface area contributed by atoms with Gasteiger partial charge < -0.3 is 9.73 Å². The Balaban J connectivity index is 1.93. The number of amides is 2. The standard InChI is InChI=1S/C15H26NO8P/c1-22-25(20,21)23-12-8-6-4-2-3-5-7-9-15(19)24-16-13(17)10-11-14(16)18/h2-12H2,1H3,(H,20,21). The molecule has 1 unspecified atom stereocenters. The zero-order valence-corrected chi connectivity index (χ0v) is 15.4. The van der Waals surface area contributed by atoms with Crippen LogP contribution in [0, 0.1) is 0 Å². The summed E-state index contributed by atoms with van der Waals surface area (Å²) in [5, 5.41) is 0.569. The summed E-state index contributed by atoms with van der Waals surface area (Å²) in [7, 11) is -2.74. The maximum atomic E-state index is 11.6. The Bertz CT molecular complexity index is 494. The van der Waals surface area contributed by atoms with Gasteiger partial charge in [0.1, 0.15) is 0 Å². The zero-order chi connectivity index (χ0) is 18.7. The summed E-state index contributed by atoms with van der Waals surface area (Å²) in [4.78, 5) is 48.0. The van der Waals surface area contributed by atoms with Crippen LogP contribution in [0.15, 0.2) is 0 Å². The van der Waals surface area contributed by atoms with Crippen LogP contribution in [0.4, 0.5) is 0 Å². The lowest BCUT2D eigenvalue weighted by molar-refractivity contribution is -0.197. The zero-order valence-electron chi connectivity index (χ0n) is 14.5. The summed E-state index contributed by atoms with van der Waals surface area (Å²) in [5.41, 5.74) is 0. The number of hydrogen-bond donors (Lipinski definition) is 1. The van der Waals surface area contributed by atoms with Crippen LogP contribution in [0.2, 0.25) is 0 Å². The van der Waals surface area contributed by atoms with E-state index in [4.69, 9.17) is 14.3 Å². The van der Waals surface area contributed by atoms with E-state index in [-0.39, 0.29) is 25.9 Å². The Morgan fingerprint density at radius 2 is 1.56 bits per heavy atom. The lowest BCUT2D eigenvalue weighted by atomic mass is 10.1. The largest absolute Gasteiger partial charge is 0.471 e. The van der Waals surface area contributed by atoms with E-state index < -0.39 is 25.6 Å². The molecule has 144 valence electrons. The Morgan fingerprint density at radius 3 is 2.12 bits per heavy atom. The molecule has 0 saturated carbocycles. The predicted molar refractivity (Wildman–Crippen MR) is 86.9 cm³/mol. The van der Waals surface area contributed by atoms with Gasteiger partial charge in [-0.3, -0.25) is 18.6 Å². The Morgan fingerprint density at radius 1 is 1.04 bits per heavy atom. The van der Waals surface area contributed by atoms with Crippen LogP contribution < -0.4 is 0 Å². The molecule has 1 aliphatic heterocycles. The van der Waals surface area contributed by atoms with Gasteiger partial charge >= 0.3 is 13.8 Å². The summed E-state index contributed by atoms with van der Waals surface area (Å²) in [6.45, 7) is 0.182. The van der Waals surface area contributed by atoms with Crippen molar-refractivity contribution in [1.29, 1.82) is 0 Å². The molecule has 10 heteroatoms. The fraction of sp³-hybridized carbons (Fsp3) is 0.800. The van der Waals surface area contributed by atoms with E-state index in [2.05, 4.69) is 4.52 Å². The van der Waals surface area contributed by atoms with Crippen LogP contribution in [0.1, 0.15) is 64.2 Å². The molecule has 1 aliphatic rings. The number of hydrogen-bond acceptors (Lipinski definition) is 7. The number of phosphoric ester groups is 1. The van der Waals surface area contributed by atoms with Gasteiger partial charge in [-0.05, 0) is 12.8 Å². The van der Waals surface area contributed by atoms with Gasteiger partial charge in [-0.15, -0.1) is 5.06 Å². The maximum absolute atomic E-state index is 11.6. The average molecular weight is 379 g/mol. The first kappa shape index (κ1) is 21.8. The molecule has 1 saturated heterocycles. The molecule has 0 aromatic carbocycles. The summed E-state index contributed by atoms with van der Waals surface area (Å²) < 4.78 is 20.0. The van der Waals surface area contributed by atoms with Crippen molar-refractivity contribution in [2.75, 3.05) is 13.7 Å². The Labute approximate surface area is 147 Å². The van der Waals surface area contributed by atoms with Crippen molar-refractivity contribution >= 4 is 25.6 Å². The van der Waals surface area contributed by atoms with E-state index in [0.29, 0.717) is 17.9 Å². The smallest absolute Gasteiger partial charge is 0.330 e. The fourth-order valence-corrected chi connectivity index (χ4v) is 2.76. The van der Waals surface area contributed by atoms with Crippen molar-refractivity contribution in [2.45, 2.75) is 64.2 Å². The van der Waals surface area contributed by atoms with Crippen molar-refractivity contribution in [3.05, 3.63) is 0 Å². The van der Waals surface area contributed by atoms with Gasteiger partial charge in [-0.1, -0.05) is 32.1 Å². The molecule has 0 aromatic heterocycles. The first-order valence-electron chi connectivity index (χ1n) is 8.45. The lowest BCUT2D eigenvalue weighted by Gasteiger charge is -2.12. The number of carbonyl (C=O) groups is 3. The summed E-state index contributed by atoms with van der Waals surface area (Å²) in [6, 6.07) is 0. The third-order valence-electron chi connectivity index (χ3n) is 3.71. The minimum absolute atomic E-state index is 0.0957. The van der Waals surface area contributed by atoms with Crippen molar-refractivity contribution in [2.24, 2.45) is 0 Å². The Kier molecular flexibility index (Phi) is 9.89. The molecule has 1 heterocycles. The third kappa shape index (κ3) is 9.11. The molecular weight excluding hydrogens is 353 g/mol. The van der Waals surface area contributed by atoms with Gasteiger partial charge in [0.05, 0.1) is 6.61 Å². The molecule has 25 heavy (non-hydrogen) atoms. The number of imide groups is 1. The normalized spacial score (nSPS) is 17.0. The molecule has 1 rings (SSSR count). The van der Waals surface area contributed by atoms with Crippen LogP contribution in [-0.4, -0.2) is 41.5 Å². The topological polar surface area (TPSA) is 119 Å². The highest BCUT2D eigenvalue weighted by atomic mass is 31.2. The monoisotopic (exact) mass is 379 g/mol. The molecular formula is C15H26NO8P. The van der Waals surface area contributed by atoms with E-state index in [0.717, 1.165) is 39.2 Å². The molecule has 0 bridgehead atoms. The quantitative estimate of drug-likeness (QED) is 0.294.